The Morgan fingerprint density at radius 2 is 1.80 bits per heavy atom. The minimum atomic E-state index is 0.0101. The summed E-state index contributed by atoms with van der Waals surface area (Å²) in [6, 6.07) is 16.3. The predicted molar refractivity (Wildman–Crippen MR) is 119 cm³/mol. The average molecular weight is 419 g/mol. The van der Waals surface area contributed by atoms with Gasteiger partial charge in [-0.3, -0.25) is 4.79 Å². The Balaban J connectivity index is 1.45. The second kappa shape index (κ2) is 7.57. The van der Waals surface area contributed by atoms with Crippen molar-refractivity contribution < 1.29 is 9.32 Å². The van der Waals surface area contributed by atoms with E-state index in [0.29, 0.717) is 35.4 Å². The first kappa shape index (κ1) is 18.8. The van der Waals surface area contributed by atoms with Gasteiger partial charge >= 0.3 is 0 Å². The first-order valence-corrected chi connectivity index (χ1v) is 10.8. The molecular weight excluding hydrogens is 396 g/mol. The number of aromatic nitrogens is 2. The first-order chi connectivity index (χ1) is 14.6. The molecule has 0 bridgehead atoms. The van der Waals surface area contributed by atoms with E-state index in [9.17, 15) is 4.79 Å². The molecule has 4 aromatic rings. The van der Waals surface area contributed by atoms with Crippen LogP contribution in [0.2, 0.25) is 0 Å². The minimum Gasteiger partial charge on any atom is -0.368 e. The predicted octanol–water partition coefficient (Wildman–Crippen LogP) is 4.53. The van der Waals surface area contributed by atoms with Gasteiger partial charge in [0.25, 0.3) is 11.6 Å². The highest BCUT2D eigenvalue weighted by atomic mass is 32.1. The molecule has 1 aromatic carbocycles. The van der Waals surface area contributed by atoms with Gasteiger partial charge in [0.2, 0.25) is 0 Å². The molecule has 1 fully saturated rings. The molecule has 6 nitrogen and oxygen atoms in total. The molecule has 0 radical (unpaired) electrons. The van der Waals surface area contributed by atoms with Gasteiger partial charge in [-0.1, -0.05) is 23.4 Å². The zero-order valence-electron chi connectivity index (χ0n) is 17.0. The molecular formula is C23H22N4O2S. The van der Waals surface area contributed by atoms with Gasteiger partial charge in [-0.15, -0.1) is 11.3 Å². The van der Waals surface area contributed by atoms with Crippen LogP contribution in [0.1, 0.15) is 20.9 Å². The Morgan fingerprint density at radius 3 is 2.50 bits per heavy atom. The summed E-state index contributed by atoms with van der Waals surface area (Å²) in [6.45, 7) is 6.88. The van der Waals surface area contributed by atoms with Crippen LogP contribution in [0.3, 0.4) is 0 Å². The maximum absolute atomic E-state index is 13.5. The molecule has 3 aromatic heterocycles. The molecule has 1 aliphatic rings. The second-order valence-corrected chi connectivity index (χ2v) is 8.82. The maximum Gasteiger partial charge on any atom is 0.259 e. The summed E-state index contributed by atoms with van der Waals surface area (Å²) in [5.74, 6) is 0.0101. The van der Waals surface area contributed by atoms with Crippen LogP contribution in [0.15, 0.2) is 53.1 Å². The van der Waals surface area contributed by atoms with Gasteiger partial charge in [0.1, 0.15) is 0 Å². The van der Waals surface area contributed by atoms with Gasteiger partial charge < -0.3 is 14.3 Å². The lowest BCUT2D eigenvalue weighted by atomic mass is 10.1. The van der Waals surface area contributed by atoms with E-state index in [1.54, 1.807) is 11.3 Å². The lowest BCUT2D eigenvalue weighted by Crippen LogP contribution is -2.48. The molecule has 0 spiro atoms. The van der Waals surface area contributed by atoms with Crippen molar-refractivity contribution in [3.63, 3.8) is 0 Å². The smallest absolute Gasteiger partial charge is 0.259 e. The molecule has 0 unspecified atom stereocenters. The first-order valence-electron chi connectivity index (χ1n) is 10.0. The van der Waals surface area contributed by atoms with E-state index in [-0.39, 0.29) is 5.91 Å². The summed E-state index contributed by atoms with van der Waals surface area (Å²) in [4.78, 5) is 24.6. The number of carbonyl (C=O) groups is 1. The Labute approximate surface area is 178 Å². The molecule has 0 aliphatic carbocycles. The van der Waals surface area contributed by atoms with Crippen LogP contribution < -0.4 is 4.90 Å². The number of nitrogens with zero attached hydrogens (tertiary/aromatic N) is 4. The highest BCUT2D eigenvalue weighted by Crippen LogP contribution is 2.31. The number of thiophene rings is 1. The van der Waals surface area contributed by atoms with E-state index in [1.165, 1.54) is 10.6 Å². The van der Waals surface area contributed by atoms with Gasteiger partial charge in [0, 0.05) is 36.7 Å². The number of amides is 1. The molecule has 30 heavy (non-hydrogen) atoms. The van der Waals surface area contributed by atoms with E-state index in [1.807, 2.05) is 42.2 Å². The number of para-hydroxylation sites is 1. The summed E-state index contributed by atoms with van der Waals surface area (Å²) in [7, 11) is 0. The molecule has 4 heterocycles. The number of rotatable bonds is 3. The molecule has 152 valence electrons. The summed E-state index contributed by atoms with van der Waals surface area (Å²) < 4.78 is 5.44. The van der Waals surface area contributed by atoms with Crippen molar-refractivity contribution in [3.8, 4) is 10.6 Å². The SMILES string of the molecule is Cc1ccc(-c2cc(C(=O)N3CCN(c4ccccc4)CC3)c3c(C)noc3n2)s1. The van der Waals surface area contributed by atoms with E-state index >= 15 is 0 Å². The number of fused-ring (bicyclic) bond motifs is 1. The summed E-state index contributed by atoms with van der Waals surface area (Å²) in [6.07, 6.45) is 0. The van der Waals surface area contributed by atoms with Crippen LogP contribution in [0.4, 0.5) is 5.69 Å². The van der Waals surface area contributed by atoms with Gasteiger partial charge in [-0.2, -0.15) is 0 Å². The van der Waals surface area contributed by atoms with Crippen LogP contribution in [-0.2, 0) is 0 Å². The minimum absolute atomic E-state index is 0.0101. The van der Waals surface area contributed by atoms with Gasteiger partial charge in [0.05, 0.1) is 27.2 Å². The number of hydrogen-bond acceptors (Lipinski definition) is 6. The van der Waals surface area contributed by atoms with E-state index in [0.717, 1.165) is 23.7 Å². The van der Waals surface area contributed by atoms with Crippen molar-refractivity contribution in [2.75, 3.05) is 31.1 Å². The largest absolute Gasteiger partial charge is 0.368 e. The fourth-order valence-electron chi connectivity index (χ4n) is 3.94. The zero-order chi connectivity index (χ0) is 20.7. The Morgan fingerprint density at radius 1 is 1.03 bits per heavy atom. The average Bonchev–Trinajstić information content (AvgIpc) is 3.39. The van der Waals surface area contributed by atoms with E-state index < -0.39 is 0 Å². The van der Waals surface area contributed by atoms with E-state index in [2.05, 4.69) is 40.2 Å². The third kappa shape index (κ3) is 3.35. The second-order valence-electron chi connectivity index (χ2n) is 7.53. The zero-order valence-corrected chi connectivity index (χ0v) is 17.8. The fraction of sp³-hybridized carbons (Fsp3) is 0.261. The molecule has 0 N–H and O–H groups in total. The van der Waals surface area contributed by atoms with Crippen LogP contribution >= 0.6 is 11.3 Å². The molecule has 5 rings (SSSR count). The molecule has 1 saturated heterocycles. The molecule has 1 amide bonds. The number of carbonyl (C=O) groups excluding carboxylic acids is 1. The van der Waals surface area contributed by atoms with Crippen molar-refractivity contribution in [2.24, 2.45) is 0 Å². The van der Waals surface area contributed by atoms with Crippen molar-refractivity contribution >= 4 is 34.0 Å². The lowest BCUT2D eigenvalue weighted by molar-refractivity contribution is 0.0748. The van der Waals surface area contributed by atoms with Crippen molar-refractivity contribution in [3.05, 3.63) is 64.7 Å². The van der Waals surface area contributed by atoms with Crippen molar-refractivity contribution in [2.45, 2.75) is 13.8 Å². The third-order valence-electron chi connectivity index (χ3n) is 5.53. The van der Waals surface area contributed by atoms with Crippen molar-refractivity contribution in [1.82, 2.24) is 15.0 Å². The fourth-order valence-corrected chi connectivity index (χ4v) is 4.77. The molecule has 1 aliphatic heterocycles. The van der Waals surface area contributed by atoms with Gasteiger partial charge in [0.15, 0.2) is 0 Å². The third-order valence-corrected chi connectivity index (χ3v) is 6.55. The number of piperazine rings is 1. The summed E-state index contributed by atoms with van der Waals surface area (Å²) in [5.41, 5.74) is 3.68. The number of benzene rings is 1. The highest BCUT2D eigenvalue weighted by molar-refractivity contribution is 7.15. The Kier molecular flexibility index (Phi) is 4.75. The summed E-state index contributed by atoms with van der Waals surface area (Å²) in [5, 5.41) is 4.77. The molecule has 0 atom stereocenters. The highest BCUT2D eigenvalue weighted by Gasteiger charge is 2.26. The Hall–Kier alpha value is -3.19. The van der Waals surface area contributed by atoms with E-state index in [4.69, 9.17) is 4.52 Å². The monoisotopic (exact) mass is 418 g/mol. The number of hydrogen-bond donors (Lipinski definition) is 0. The molecule has 0 saturated carbocycles. The molecule has 7 heteroatoms. The van der Waals surface area contributed by atoms with Gasteiger partial charge in [-0.05, 0) is 44.2 Å². The summed E-state index contributed by atoms with van der Waals surface area (Å²) >= 11 is 1.65. The maximum atomic E-state index is 13.5. The van der Waals surface area contributed by atoms with Gasteiger partial charge in [-0.25, -0.2) is 4.98 Å². The normalized spacial score (nSPS) is 14.5. The standard InChI is InChI=1S/C23H22N4O2S/c1-15-8-9-20(30-15)19-14-18(21-16(2)25-29-22(21)24-19)23(28)27-12-10-26(11-13-27)17-6-4-3-5-7-17/h3-9,14H,10-13H2,1-2H3. The van der Waals surface area contributed by atoms with Crippen LogP contribution in [0.5, 0.6) is 0 Å². The number of anilines is 1. The Bertz CT molecular complexity index is 1210. The number of aryl methyl sites for hydroxylation is 2. The van der Waals surface area contributed by atoms with Crippen LogP contribution in [0, 0.1) is 13.8 Å². The van der Waals surface area contributed by atoms with Crippen LogP contribution in [0.25, 0.3) is 21.7 Å². The van der Waals surface area contributed by atoms with Crippen LogP contribution in [-0.4, -0.2) is 47.1 Å². The quantitative estimate of drug-likeness (QED) is 0.489. The topological polar surface area (TPSA) is 62.5 Å². The lowest BCUT2D eigenvalue weighted by Gasteiger charge is -2.36. The number of pyridine rings is 1. The van der Waals surface area contributed by atoms with Crippen molar-refractivity contribution in [1.29, 1.82) is 0 Å².